The summed E-state index contributed by atoms with van der Waals surface area (Å²) in [4.78, 5) is 20.8. The van der Waals surface area contributed by atoms with E-state index in [9.17, 15) is 4.79 Å². The Morgan fingerprint density at radius 3 is 2.70 bits per heavy atom. The number of aryl methyl sites for hydroxylation is 2. The molecule has 1 N–H and O–H groups in total. The predicted molar refractivity (Wildman–Crippen MR) is 90.5 cm³/mol. The summed E-state index contributed by atoms with van der Waals surface area (Å²) < 4.78 is 0. The average Bonchev–Trinajstić information content (AvgIpc) is 2.55. The van der Waals surface area contributed by atoms with Crippen LogP contribution in [0.15, 0.2) is 53.9 Å². The zero-order valence-electron chi connectivity index (χ0n) is 12.9. The maximum absolute atomic E-state index is 12.4. The van der Waals surface area contributed by atoms with Crippen LogP contribution in [0.5, 0.6) is 0 Å². The number of amides is 1. The molecule has 0 atom stereocenters. The number of benzene rings is 1. The van der Waals surface area contributed by atoms with Crippen LogP contribution in [-0.4, -0.2) is 22.1 Å². The quantitative estimate of drug-likeness (QED) is 0.597. The average molecular weight is 304 g/mol. The normalized spacial score (nSPS) is 11.0. The number of hydrogen-bond donors (Lipinski definition) is 1. The van der Waals surface area contributed by atoms with Crippen LogP contribution in [0.4, 0.5) is 0 Å². The minimum absolute atomic E-state index is 0.253. The van der Waals surface area contributed by atoms with Gasteiger partial charge in [0, 0.05) is 23.5 Å². The Bertz CT molecular complexity index is 888. The molecule has 0 radical (unpaired) electrons. The van der Waals surface area contributed by atoms with Crippen molar-refractivity contribution >= 4 is 23.0 Å². The molecule has 0 saturated heterocycles. The van der Waals surface area contributed by atoms with Gasteiger partial charge in [-0.15, -0.1) is 0 Å². The number of nitrogens with one attached hydrogen (secondary N) is 1. The molecule has 0 aliphatic carbocycles. The van der Waals surface area contributed by atoms with Gasteiger partial charge in [-0.25, -0.2) is 5.43 Å². The monoisotopic (exact) mass is 304 g/mol. The first-order chi connectivity index (χ1) is 11.1. The van der Waals surface area contributed by atoms with Crippen LogP contribution in [-0.2, 0) is 0 Å². The molecule has 0 fully saturated rings. The van der Waals surface area contributed by atoms with Gasteiger partial charge in [-0.2, -0.15) is 5.10 Å². The molecule has 0 aliphatic heterocycles. The Morgan fingerprint density at radius 2 is 1.91 bits per heavy atom. The summed E-state index contributed by atoms with van der Waals surface area (Å²) >= 11 is 0. The largest absolute Gasteiger partial charge is 0.272 e. The fourth-order valence-corrected chi connectivity index (χ4v) is 2.34. The Balaban J connectivity index is 1.89. The van der Waals surface area contributed by atoms with Crippen molar-refractivity contribution in [2.75, 3.05) is 0 Å². The van der Waals surface area contributed by atoms with Gasteiger partial charge in [0.15, 0.2) is 0 Å². The van der Waals surface area contributed by atoms with Crippen LogP contribution in [0.3, 0.4) is 0 Å². The van der Waals surface area contributed by atoms with Gasteiger partial charge in [-0.3, -0.25) is 14.8 Å². The number of hydrogen-bond acceptors (Lipinski definition) is 4. The number of fused-ring (bicyclic) bond motifs is 1. The first kappa shape index (κ1) is 14.8. The third-order valence-electron chi connectivity index (χ3n) is 3.42. The zero-order valence-corrected chi connectivity index (χ0v) is 12.9. The highest BCUT2D eigenvalue weighted by Crippen LogP contribution is 2.20. The van der Waals surface area contributed by atoms with Crippen molar-refractivity contribution in [1.82, 2.24) is 15.4 Å². The van der Waals surface area contributed by atoms with E-state index < -0.39 is 0 Å². The summed E-state index contributed by atoms with van der Waals surface area (Å²) in [7, 11) is 0. The van der Waals surface area contributed by atoms with E-state index in [2.05, 4.69) is 20.5 Å². The summed E-state index contributed by atoms with van der Waals surface area (Å²) in [6.45, 7) is 3.86. The molecule has 0 aliphatic rings. The highest BCUT2D eigenvalue weighted by molar-refractivity contribution is 6.06. The van der Waals surface area contributed by atoms with Gasteiger partial charge >= 0.3 is 0 Å². The number of pyridine rings is 2. The van der Waals surface area contributed by atoms with Crippen LogP contribution in [0.2, 0.25) is 0 Å². The first-order valence-corrected chi connectivity index (χ1v) is 7.25. The lowest BCUT2D eigenvalue weighted by Gasteiger charge is -2.07. The van der Waals surface area contributed by atoms with Crippen LogP contribution in [0.1, 0.15) is 27.2 Å². The summed E-state index contributed by atoms with van der Waals surface area (Å²) in [5.74, 6) is -0.253. The van der Waals surface area contributed by atoms with E-state index in [1.54, 1.807) is 24.7 Å². The minimum atomic E-state index is -0.253. The van der Waals surface area contributed by atoms with E-state index in [1.165, 1.54) is 0 Å². The van der Waals surface area contributed by atoms with Crippen LogP contribution < -0.4 is 5.43 Å². The second-order valence-corrected chi connectivity index (χ2v) is 5.31. The second-order valence-electron chi connectivity index (χ2n) is 5.31. The smallest absolute Gasteiger partial charge is 0.267 e. The number of carbonyl (C=O) groups is 1. The van der Waals surface area contributed by atoms with Crippen molar-refractivity contribution in [3.8, 4) is 0 Å². The van der Waals surface area contributed by atoms with Crippen molar-refractivity contribution in [3.05, 3.63) is 71.2 Å². The number of aromatic nitrogens is 2. The van der Waals surface area contributed by atoms with Gasteiger partial charge in [0.25, 0.3) is 5.91 Å². The zero-order chi connectivity index (χ0) is 16.2. The molecule has 0 spiro atoms. The maximum Gasteiger partial charge on any atom is 0.272 e. The molecule has 0 bridgehead atoms. The predicted octanol–water partition coefficient (Wildman–Crippen LogP) is 3.01. The van der Waals surface area contributed by atoms with Crippen molar-refractivity contribution in [2.24, 2.45) is 5.10 Å². The number of hydrazone groups is 1. The van der Waals surface area contributed by atoms with Crippen LogP contribution in [0, 0.1) is 13.8 Å². The Kier molecular flexibility index (Phi) is 4.10. The Morgan fingerprint density at radius 1 is 1.13 bits per heavy atom. The lowest BCUT2D eigenvalue weighted by molar-refractivity contribution is 0.0956. The topological polar surface area (TPSA) is 67.2 Å². The van der Waals surface area contributed by atoms with Gasteiger partial charge < -0.3 is 0 Å². The van der Waals surface area contributed by atoms with E-state index in [-0.39, 0.29) is 5.91 Å². The maximum atomic E-state index is 12.4. The second kappa shape index (κ2) is 6.36. The van der Waals surface area contributed by atoms with Crippen LogP contribution in [0.25, 0.3) is 10.9 Å². The van der Waals surface area contributed by atoms with Gasteiger partial charge in [0.05, 0.1) is 17.3 Å². The Hall–Kier alpha value is -3.08. The number of nitrogens with zero attached hydrogens (tertiary/aromatic N) is 3. The van der Waals surface area contributed by atoms with Gasteiger partial charge in [0.1, 0.15) is 0 Å². The molecule has 0 unspecified atom stereocenters. The summed E-state index contributed by atoms with van der Waals surface area (Å²) in [6, 6.07) is 11.3. The molecule has 0 saturated carbocycles. The molecule has 1 amide bonds. The fourth-order valence-electron chi connectivity index (χ4n) is 2.34. The van der Waals surface area contributed by atoms with Gasteiger partial charge in [-0.1, -0.05) is 11.6 Å². The molecular formula is C18H16N4O. The molecule has 3 rings (SSSR count). The molecule has 2 aromatic heterocycles. The van der Waals surface area contributed by atoms with Crippen molar-refractivity contribution in [2.45, 2.75) is 13.8 Å². The SMILES string of the molecule is Cc1ccc2nc(C)cc(C(=O)N/N=C\c3ccncc3)c2c1. The third-order valence-corrected chi connectivity index (χ3v) is 3.42. The summed E-state index contributed by atoms with van der Waals surface area (Å²) in [5.41, 5.74) is 6.69. The number of carbonyl (C=O) groups excluding carboxylic acids is 1. The lowest BCUT2D eigenvalue weighted by Crippen LogP contribution is -2.18. The van der Waals surface area contributed by atoms with E-state index in [0.717, 1.165) is 27.7 Å². The summed E-state index contributed by atoms with van der Waals surface area (Å²) in [5, 5.41) is 4.83. The lowest BCUT2D eigenvalue weighted by atomic mass is 10.1. The van der Waals surface area contributed by atoms with E-state index >= 15 is 0 Å². The van der Waals surface area contributed by atoms with Crippen molar-refractivity contribution in [3.63, 3.8) is 0 Å². The Labute approximate surface area is 134 Å². The standard InChI is InChI=1S/C18H16N4O/c1-12-3-4-17-15(9-12)16(10-13(2)21-17)18(23)22-20-11-14-5-7-19-8-6-14/h3-11H,1-2H3,(H,22,23)/b20-11-. The molecule has 5 nitrogen and oxygen atoms in total. The highest BCUT2D eigenvalue weighted by atomic mass is 16.2. The summed E-state index contributed by atoms with van der Waals surface area (Å²) in [6.07, 6.45) is 4.93. The molecule has 1 aromatic carbocycles. The molecule has 114 valence electrons. The van der Waals surface area contributed by atoms with E-state index in [1.807, 2.05) is 44.2 Å². The van der Waals surface area contributed by atoms with E-state index in [0.29, 0.717) is 5.56 Å². The molecule has 2 heterocycles. The highest BCUT2D eigenvalue weighted by Gasteiger charge is 2.11. The van der Waals surface area contributed by atoms with Crippen molar-refractivity contribution in [1.29, 1.82) is 0 Å². The molecule has 3 aromatic rings. The van der Waals surface area contributed by atoms with Gasteiger partial charge in [0.2, 0.25) is 0 Å². The first-order valence-electron chi connectivity index (χ1n) is 7.25. The molecule has 5 heteroatoms. The molecular weight excluding hydrogens is 288 g/mol. The number of rotatable bonds is 3. The van der Waals surface area contributed by atoms with Crippen LogP contribution >= 0.6 is 0 Å². The fraction of sp³-hybridized carbons (Fsp3) is 0.111. The molecule has 23 heavy (non-hydrogen) atoms. The third kappa shape index (κ3) is 3.40. The van der Waals surface area contributed by atoms with Crippen molar-refractivity contribution < 1.29 is 4.79 Å². The van der Waals surface area contributed by atoms with Gasteiger partial charge in [-0.05, 0) is 49.7 Å². The van der Waals surface area contributed by atoms with E-state index in [4.69, 9.17) is 0 Å². The minimum Gasteiger partial charge on any atom is -0.267 e.